The van der Waals surface area contributed by atoms with Gasteiger partial charge in [0.15, 0.2) is 5.11 Å². The van der Waals surface area contributed by atoms with E-state index in [0.717, 1.165) is 40.6 Å². The Morgan fingerprint density at radius 1 is 0.778 bits per heavy atom. The smallest absolute Gasteiger partial charge is 0.270 e. The van der Waals surface area contributed by atoms with Gasteiger partial charge in [-0.15, -0.1) is 0 Å². The van der Waals surface area contributed by atoms with Gasteiger partial charge in [-0.05, 0) is 67.9 Å². The van der Waals surface area contributed by atoms with Crippen LogP contribution >= 0.6 is 12.2 Å². The summed E-state index contributed by atoms with van der Waals surface area (Å²) in [5.74, 6) is -0.840. The number of amides is 2. The Morgan fingerprint density at radius 3 is 1.86 bits per heavy atom. The first-order valence-corrected chi connectivity index (χ1v) is 12.5. The van der Waals surface area contributed by atoms with Crippen molar-refractivity contribution in [3.8, 4) is 0 Å². The van der Waals surface area contributed by atoms with Crippen LogP contribution in [0.1, 0.15) is 30.0 Å². The van der Waals surface area contributed by atoms with E-state index in [1.165, 1.54) is 9.80 Å². The fourth-order valence-electron chi connectivity index (χ4n) is 4.75. The lowest BCUT2D eigenvalue weighted by Gasteiger charge is -2.37. The number of hydrogen-bond acceptors (Lipinski definition) is 3. The van der Waals surface area contributed by atoms with Crippen molar-refractivity contribution in [3.63, 3.8) is 0 Å². The topological polar surface area (TPSA) is 45.6 Å². The molecule has 2 amide bonds. The van der Waals surface area contributed by atoms with E-state index in [2.05, 4.69) is 17.6 Å². The Morgan fingerprint density at radius 2 is 1.31 bits per heavy atom. The third kappa shape index (κ3) is 3.93. The largest absolute Gasteiger partial charge is 0.347 e. The zero-order valence-electron chi connectivity index (χ0n) is 20.6. The second kappa shape index (κ2) is 9.55. The van der Waals surface area contributed by atoms with Crippen molar-refractivity contribution in [1.82, 2.24) is 4.57 Å². The van der Waals surface area contributed by atoms with Crippen molar-refractivity contribution < 1.29 is 9.59 Å². The van der Waals surface area contributed by atoms with Gasteiger partial charge >= 0.3 is 0 Å². The van der Waals surface area contributed by atoms with Crippen LogP contribution in [0.3, 0.4) is 0 Å². The first-order valence-electron chi connectivity index (χ1n) is 12.1. The minimum Gasteiger partial charge on any atom is -0.347 e. The fraction of sp³-hybridized carbons (Fsp3) is 0.167. The summed E-state index contributed by atoms with van der Waals surface area (Å²) in [6, 6.07) is 23.2. The molecule has 0 bridgehead atoms. The van der Waals surface area contributed by atoms with Crippen molar-refractivity contribution >= 4 is 57.5 Å². The standard InChI is InChI=1S/C30H27N3O2S/c1-4-17-31-19-22(23-13-7-10-16-27(23)31)18-24-28(34)32(25-14-8-5-11-20(25)2)30(36)33(29(24)35)26-15-9-6-12-21(26)3/h5-16,18-19H,4,17H2,1-3H3. The van der Waals surface area contributed by atoms with E-state index in [9.17, 15) is 9.59 Å². The third-order valence-corrected chi connectivity index (χ3v) is 6.91. The molecule has 0 saturated carbocycles. The number of carbonyl (C=O) groups is 2. The van der Waals surface area contributed by atoms with Gasteiger partial charge in [0, 0.05) is 29.2 Å². The van der Waals surface area contributed by atoms with E-state index in [1.54, 1.807) is 6.08 Å². The molecule has 1 fully saturated rings. The molecule has 5 rings (SSSR count). The van der Waals surface area contributed by atoms with Crippen LogP contribution in [0.4, 0.5) is 11.4 Å². The number of para-hydroxylation sites is 3. The van der Waals surface area contributed by atoms with Crippen molar-refractivity contribution in [1.29, 1.82) is 0 Å². The Balaban J connectivity index is 1.72. The quantitative estimate of drug-likeness (QED) is 0.183. The highest BCUT2D eigenvalue weighted by molar-refractivity contribution is 7.81. The highest BCUT2D eigenvalue weighted by Gasteiger charge is 2.42. The molecule has 1 aliphatic rings. The average Bonchev–Trinajstić information content (AvgIpc) is 3.22. The molecular weight excluding hydrogens is 466 g/mol. The summed E-state index contributed by atoms with van der Waals surface area (Å²) >= 11 is 5.80. The van der Waals surface area contributed by atoms with Gasteiger partial charge in [0.05, 0.1) is 11.4 Å². The highest BCUT2D eigenvalue weighted by Crippen LogP contribution is 2.34. The van der Waals surface area contributed by atoms with Gasteiger partial charge in [-0.25, -0.2) is 0 Å². The summed E-state index contributed by atoms with van der Waals surface area (Å²) in [6.45, 7) is 6.84. The number of aromatic nitrogens is 1. The second-order valence-corrected chi connectivity index (χ2v) is 9.35. The Labute approximate surface area is 216 Å². The molecular formula is C30H27N3O2S. The molecule has 0 unspecified atom stereocenters. The molecule has 4 aromatic rings. The van der Waals surface area contributed by atoms with Crippen molar-refractivity contribution in [2.75, 3.05) is 9.80 Å². The van der Waals surface area contributed by atoms with Crippen molar-refractivity contribution in [2.24, 2.45) is 0 Å². The van der Waals surface area contributed by atoms with Crippen LogP contribution in [0.2, 0.25) is 0 Å². The van der Waals surface area contributed by atoms with Crippen LogP contribution in [0.15, 0.2) is 84.6 Å². The maximum atomic E-state index is 13.9. The van der Waals surface area contributed by atoms with E-state index in [-0.39, 0.29) is 10.7 Å². The first kappa shape index (κ1) is 23.7. The van der Waals surface area contributed by atoms with Crippen LogP contribution < -0.4 is 9.80 Å². The number of fused-ring (bicyclic) bond motifs is 1. The van der Waals surface area contributed by atoms with Gasteiger partial charge in [-0.1, -0.05) is 61.5 Å². The Bertz CT molecular complexity index is 1480. The van der Waals surface area contributed by atoms with Crippen LogP contribution in [0, 0.1) is 13.8 Å². The number of hydrogen-bond donors (Lipinski definition) is 0. The number of rotatable bonds is 5. The monoisotopic (exact) mass is 493 g/mol. The molecule has 0 N–H and O–H groups in total. The Hall–Kier alpha value is -4.03. The van der Waals surface area contributed by atoms with Crippen LogP contribution in [0.5, 0.6) is 0 Å². The SMILES string of the molecule is CCCn1cc(C=C2C(=O)N(c3ccccc3C)C(=S)N(c3ccccc3C)C2=O)c2ccccc21. The fourth-order valence-corrected chi connectivity index (χ4v) is 5.12. The number of anilines is 2. The van der Waals surface area contributed by atoms with Crippen molar-refractivity contribution in [2.45, 2.75) is 33.7 Å². The van der Waals surface area contributed by atoms with E-state index in [1.807, 2.05) is 86.8 Å². The molecule has 1 saturated heterocycles. The lowest BCUT2D eigenvalue weighted by molar-refractivity contribution is -0.120. The van der Waals surface area contributed by atoms with Gasteiger partial charge in [0.1, 0.15) is 5.57 Å². The summed E-state index contributed by atoms with van der Waals surface area (Å²) < 4.78 is 2.17. The summed E-state index contributed by atoms with van der Waals surface area (Å²) in [4.78, 5) is 30.9. The molecule has 36 heavy (non-hydrogen) atoms. The van der Waals surface area contributed by atoms with E-state index in [4.69, 9.17) is 12.2 Å². The zero-order valence-corrected chi connectivity index (χ0v) is 21.4. The second-order valence-electron chi connectivity index (χ2n) is 8.99. The summed E-state index contributed by atoms with van der Waals surface area (Å²) in [7, 11) is 0. The molecule has 1 aliphatic heterocycles. The molecule has 0 spiro atoms. The lowest BCUT2D eigenvalue weighted by Crippen LogP contribution is -2.57. The molecule has 0 atom stereocenters. The normalized spacial score (nSPS) is 14.2. The van der Waals surface area contributed by atoms with E-state index in [0.29, 0.717) is 11.4 Å². The van der Waals surface area contributed by atoms with E-state index < -0.39 is 11.8 Å². The van der Waals surface area contributed by atoms with Gasteiger partial charge < -0.3 is 4.57 Å². The van der Waals surface area contributed by atoms with Gasteiger partial charge in [-0.2, -0.15) is 0 Å². The minimum atomic E-state index is -0.420. The summed E-state index contributed by atoms with van der Waals surface area (Å²) in [5.41, 5.74) is 5.10. The average molecular weight is 494 g/mol. The summed E-state index contributed by atoms with van der Waals surface area (Å²) in [6.07, 6.45) is 4.71. The minimum absolute atomic E-state index is 0.0782. The predicted molar refractivity (Wildman–Crippen MR) is 150 cm³/mol. The number of thiocarbonyl (C=S) groups is 1. The molecule has 0 aliphatic carbocycles. The zero-order chi connectivity index (χ0) is 25.4. The highest BCUT2D eigenvalue weighted by atomic mass is 32.1. The van der Waals surface area contributed by atoms with Crippen LogP contribution in [-0.2, 0) is 16.1 Å². The number of benzene rings is 3. The summed E-state index contributed by atoms with van der Waals surface area (Å²) in [5, 5.41) is 1.15. The third-order valence-electron chi connectivity index (χ3n) is 6.55. The molecule has 3 aromatic carbocycles. The van der Waals surface area contributed by atoms with Gasteiger partial charge in [0.2, 0.25) is 0 Å². The lowest BCUT2D eigenvalue weighted by atomic mass is 10.0. The maximum absolute atomic E-state index is 13.9. The molecule has 6 heteroatoms. The molecule has 0 radical (unpaired) electrons. The predicted octanol–water partition coefficient (Wildman–Crippen LogP) is 6.42. The number of aryl methyl sites for hydroxylation is 3. The van der Waals surface area contributed by atoms with E-state index >= 15 is 0 Å². The van der Waals surface area contributed by atoms with Crippen LogP contribution in [0.25, 0.3) is 17.0 Å². The molecule has 5 nitrogen and oxygen atoms in total. The number of carbonyl (C=O) groups excluding carboxylic acids is 2. The van der Waals surface area contributed by atoms with Gasteiger partial charge in [-0.3, -0.25) is 19.4 Å². The Kier molecular flexibility index (Phi) is 6.29. The molecule has 180 valence electrons. The molecule has 1 aromatic heterocycles. The number of nitrogens with zero attached hydrogens (tertiary/aromatic N) is 3. The van der Waals surface area contributed by atoms with Crippen LogP contribution in [-0.4, -0.2) is 21.5 Å². The van der Waals surface area contributed by atoms with Gasteiger partial charge in [0.25, 0.3) is 11.8 Å². The van der Waals surface area contributed by atoms with Crippen molar-refractivity contribution in [3.05, 3.63) is 101 Å². The first-order chi connectivity index (χ1) is 17.4. The molecule has 2 heterocycles. The maximum Gasteiger partial charge on any atom is 0.270 e.